The number of piperazine rings is 1. The highest BCUT2D eigenvalue weighted by atomic mass is 127. The van der Waals surface area contributed by atoms with Crippen LogP contribution in [0.25, 0.3) is 0 Å². The number of amides is 2. The number of guanidine groups is 1. The minimum atomic E-state index is -0.485. The molecule has 2 heterocycles. The first-order valence-corrected chi connectivity index (χ1v) is 11.5. The molecule has 1 aromatic rings. The van der Waals surface area contributed by atoms with Gasteiger partial charge in [-0.25, -0.2) is 9.79 Å². The minimum absolute atomic E-state index is 0. The Hall–Kier alpha value is -2.08. The zero-order chi connectivity index (χ0) is 22.9. The molecule has 0 aromatic heterocycles. The molecule has 2 amide bonds. The number of rotatable bonds is 6. The van der Waals surface area contributed by atoms with Gasteiger partial charge in [0.05, 0.1) is 19.7 Å². The van der Waals surface area contributed by atoms with E-state index in [0.717, 1.165) is 70.2 Å². The van der Waals surface area contributed by atoms with Crippen LogP contribution in [0.4, 0.5) is 10.5 Å². The Bertz CT molecular complexity index is 790. The van der Waals surface area contributed by atoms with Crippen LogP contribution in [-0.4, -0.2) is 91.6 Å². The first kappa shape index (κ1) is 27.2. The third kappa shape index (κ3) is 7.73. The summed E-state index contributed by atoms with van der Waals surface area (Å²) in [5.74, 6) is 1.16. The predicted octanol–water partition coefficient (Wildman–Crippen LogP) is 2.58. The van der Waals surface area contributed by atoms with E-state index in [1.165, 1.54) is 7.11 Å². The second-order valence-electron chi connectivity index (χ2n) is 8.22. The van der Waals surface area contributed by atoms with Crippen LogP contribution in [0.1, 0.15) is 32.3 Å². The summed E-state index contributed by atoms with van der Waals surface area (Å²) in [5, 5.41) is 6.03. The van der Waals surface area contributed by atoms with Crippen molar-refractivity contribution in [1.29, 1.82) is 0 Å². The van der Waals surface area contributed by atoms with Crippen LogP contribution in [0, 0.1) is 0 Å². The molecule has 1 atom stereocenters. The SMILES string of the molecule is CCNC(=NCc1ccc(NC(=O)OC)cc1)N1CCN(C(C)C(=O)N2CCCC2)CC1.I. The minimum Gasteiger partial charge on any atom is -0.453 e. The van der Waals surface area contributed by atoms with Gasteiger partial charge in [0.1, 0.15) is 0 Å². The molecule has 2 N–H and O–H groups in total. The fraction of sp³-hybridized carbons (Fsp3) is 0.609. The number of carbonyl (C=O) groups excluding carboxylic acids is 2. The Morgan fingerprint density at radius 1 is 1.03 bits per heavy atom. The van der Waals surface area contributed by atoms with Gasteiger partial charge in [-0.1, -0.05) is 12.1 Å². The molecule has 184 valence electrons. The van der Waals surface area contributed by atoms with Gasteiger partial charge < -0.3 is 19.9 Å². The number of aliphatic imine (C=N–C) groups is 1. The van der Waals surface area contributed by atoms with Crippen molar-refractivity contribution in [3.8, 4) is 0 Å². The lowest BCUT2D eigenvalue weighted by Crippen LogP contribution is -2.57. The molecular weight excluding hydrogens is 535 g/mol. The number of methoxy groups -OCH3 is 1. The molecule has 0 aliphatic carbocycles. The summed E-state index contributed by atoms with van der Waals surface area (Å²) in [6.45, 7) is 10.6. The van der Waals surface area contributed by atoms with E-state index in [9.17, 15) is 9.59 Å². The van der Waals surface area contributed by atoms with Crippen LogP contribution in [0.3, 0.4) is 0 Å². The van der Waals surface area contributed by atoms with E-state index in [1.54, 1.807) is 0 Å². The first-order chi connectivity index (χ1) is 15.5. The number of nitrogens with zero attached hydrogens (tertiary/aromatic N) is 4. The summed E-state index contributed by atoms with van der Waals surface area (Å²) < 4.78 is 4.61. The van der Waals surface area contributed by atoms with Crippen LogP contribution in [0.15, 0.2) is 29.3 Å². The molecule has 0 spiro atoms. The number of benzene rings is 1. The maximum Gasteiger partial charge on any atom is 0.411 e. The molecule has 10 heteroatoms. The Labute approximate surface area is 213 Å². The van der Waals surface area contributed by atoms with E-state index in [-0.39, 0.29) is 35.9 Å². The number of halogens is 1. The molecule has 9 nitrogen and oxygen atoms in total. The molecule has 0 saturated carbocycles. The number of nitrogens with one attached hydrogen (secondary N) is 2. The first-order valence-electron chi connectivity index (χ1n) is 11.5. The van der Waals surface area contributed by atoms with Crippen molar-refractivity contribution in [1.82, 2.24) is 20.0 Å². The molecule has 1 aromatic carbocycles. The Morgan fingerprint density at radius 2 is 1.67 bits per heavy atom. The van der Waals surface area contributed by atoms with Crippen LogP contribution in [0.5, 0.6) is 0 Å². The predicted molar refractivity (Wildman–Crippen MR) is 141 cm³/mol. The Morgan fingerprint density at radius 3 is 2.24 bits per heavy atom. The molecule has 2 aliphatic rings. The zero-order valence-electron chi connectivity index (χ0n) is 19.9. The molecule has 2 fully saturated rings. The number of likely N-dealkylation sites (tertiary alicyclic amines) is 1. The largest absolute Gasteiger partial charge is 0.453 e. The van der Waals surface area contributed by atoms with Gasteiger partial charge in [0, 0.05) is 51.5 Å². The highest BCUT2D eigenvalue weighted by Crippen LogP contribution is 2.15. The lowest BCUT2D eigenvalue weighted by molar-refractivity contribution is -0.135. The number of hydrogen-bond acceptors (Lipinski definition) is 5. The number of hydrogen-bond donors (Lipinski definition) is 2. The third-order valence-corrected chi connectivity index (χ3v) is 6.07. The third-order valence-electron chi connectivity index (χ3n) is 6.07. The van der Waals surface area contributed by atoms with Crippen molar-refractivity contribution in [2.75, 3.05) is 58.2 Å². The van der Waals surface area contributed by atoms with Gasteiger partial charge in [-0.2, -0.15) is 0 Å². The maximum absolute atomic E-state index is 12.7. The highest BCUT2D eigenvalue weighted by molar-refractivity contribution is 14.0. The summed E-state index contributed by atoms with van der Waals surface area (Å²) in [6, 6.07) is 7.51. The van der Waals surface area contributed by atoms with E-state index in [0.29, 0.717) is 12.2 Å². The zero-order valence-corrected chi connectivity index (χ0v) is 22.2. The molecule has 1 unspecified atom stereocenters. The maximum atomic E-state index is 12.7. The lowest BCUT2D eigenvalue weighted by Gasteiger charge is -2.39. The summed E-state index contributed by atoms with van der Waals surface area (Å²) in [6.07, 6.45) is 1.76. The Balaban J connectivity index is 0.00000385. The van der Waals surface area contributed by atoms with E-state index in [4.69, 9.17) is 4.99 Å². The lowest BCUT2D eigenvalue weighted by atomic mass is 10.2. The number of anilines is 1. The quantitative estimate of drug-likeness (QED) is 0.310. The summed E-state index contributed by atoms with van der Waals surface area (Å²) in [4.78, 5) is 35.4. The van der Waals surface area contributed by atoms with Gasteiger partial charge in [0.25, 0.3) is 0 Å². The van der Waals surface area contributed by atoms with Crippen molar-refractivity contribution in [2.24, 2.45) is 4.99 Å². The molecule has 0 bridgehead atoms. The van der Waals surface area contributed by atoms with Gasteiger partial charge >= 0.3 is 6.09 Å². The van der Waals surface area contributed by atoms with Crippen LogP contribution in [-0.2, 0) is 16.1 Å². The van der Waals surface area contributed by atoms with Crippen LogP contribution < -0.4 is 10.6 Å². The van der Waals surface area contributed by atoms with E-state index >= 15 is 0 Å². The monoisotopic (exact) mass is 572 g/mol. The fourth-order valence-electron chi connectivity index (χ4n) is 4.13. The smallest absolute Gasteiger partial charge is 0.411 e. The van der Waals surface area contributed by atoms with E-state index in [1.807, 2.05) is 36.1 Å². The second-order valence-corrected chi connectivity index (χ2v) is 8.22. The molecule has 33 heavy (non-hydrogen) atoms. The van der Waals surface area contributed by atoms with Gasteiger partial charge in [-0.05, 0) is 44.4 Å². The van der Waals surface area contributed by atoms with Gasteiger partial charge in [-0.3, -0.25) is 15.0 Å². The van der Waals surface area contributed by atoms with Crippen LogP contribution >= 0.6 is 24.0 Å². The standard InChI is InChI=1S/C23H36N6O3.HI/c1-4-24-22(25-17-19-7-9-20(10-8-19)26-23(31)32-3)29-15-13-27(14-16-29)18(2)21(30)28-11-5-6-12-28;/h7-10,18H,4-6,11-17H2,1-3H3,(H,24,25)(H,26,31);1H. The van der Waals surface area contributed by atoms with Crippen molar-refractivity contribution in [3.05, 3.63) is 29.8 Å². The van der Waals surface area contributed by atoms with Crippen molar-refractivity contribution in [3.63, 3.8) is 0 Å². The summed E-state index contributed by atoms with van der Waals surface area (Å²) in [5.41, 5.74) is 1.74. The molecule has 2 saturated heterocycles. The summed E-state index contributed by atoms with van der Waals surface area (Å²) in [7, 11) is 1.34. The van der Waals surface area contributed by atoms with Gasteiger partial charge in [0.15, 0.2) is 5.96 Å². The van der Waals surface area contributed by atoms with Crippen molar-refractivity contribution in [2.45, 2.75) is 39.3 Å². The van der Waals surface area contributed by atoms with Crippen molar-refractivity contribution >= 4 is 47.6 Å². The molecule has 0 radical (unpaired) electrons. The van der Waals surface area contributed by atoms with E-state index in [2.05, 4.69) is 32.1 Å². The highest BCUT2D eigenvalue weighted by Gasteiger charge is 2.30. The number of ether oxygens (including phenoxy) is 1. The molecular formula is C23H37IN6O3. The number of carbonyl (C=O) groups is 2. The van der Waals surface area contributed by atoms with Crippen molar-refractivity contribution < 1.29 is 14.3 Å². The Kier molecular flexibility index (Phi) is 11.2. The fourth-order valence-corrected chi connectivity index (χ4v) is 4.13. The summed E-state index contributed by atoms with van der Waals surface area (Å²) >= 11 is 0. The van der Waals surface area contributed by atoms with Gasteiger partial charge in [0.2, 0.25) is 5.91 Å². The van der Waals surface area contributed by atoms with Crippen LogP contribution in [0.2, 0.25) is 0 Å². The molecule has 3 rings (SSSR count). The average Bonchev–Trinajstić information content (AvgIpc) is 3.37. The average molecular weight is 572 g/mol. The normalized spacial score (nSPS) is 17.8. The topological polar surface area (TPSA) is 89.5 Å². The van der Waals surface area contributed by atoms with E-state index < -0.39 is 6.09 Å². The molecule has 2 aliphatic heterocycles. The van der Waals surface area contributed by atoms with Gasteiger partial charge in [-0.15, -0.1) is 24.0 Å². The second kappa shape index (κ2) is 13.6.